The number of ether oxygens (including phenoxy) is 1. The molecule has 0 radical (unpaired) electrons. The van der Waals surface area contributed by atoms with Gasteiger partial charge in [-0.05, 0) is 34.5 Å². The van der Waals surface area contributed by atoms with Gasteiger partial charge in [0.2, 0.25) is 0 Å². The molecule has 0 aliphatic rings. The predicted octanol–water partition coefficient (Wildman–Crippen LogP) is 2.44. The maximum Gasteiger partial charge on any atom is 0.310 e. The number of carbonyl (C=O) groups is 1. The van der Waals surface area contributed by atoms with E-state index >= 15 is 0 Å². The van der Waals surface area contributed by atoms with Crippen molar-refractivity contribution in [2.24, 2.45) is 7.05 Å². The van der Waals surface area contributed by atoms with Gasteiger partial charge in [-0.25, -0.2) is 4.98 Å². The van der Waals surface area contributed by atoms with E-state index in [0.29, 0.717) is 6.61 Å². The Morgan fingerprint density at radius 1 is 1.59 bits per heavy atom. The molecule has 0 bridgehead atoms. The molecule has 0 aliphatic heterocycles. The molecule has 0 fully saturated rings. The average molecular weight is 297 g/mol. The summed E-state index contributed by atoms with van der Waals surface area (Å²) in [5, 5.41) is 0.981. The number of pyridine rings is 1. The highest BCUT2D eigenvalue weighted by Crippen LogP contribution is 2.23. The molecule has 4 nitrogen and oxygen atoms in total. The lowest BCUT2D eigenvalue weighted by atomic mass is 10.1. The van der Waals surface area contributed by atoms with E-state index in [1.807, 2.05) is 23.9 Å². The van der Waals surface area contributed by atoms with Gasteiger partial charge in [0.05, 0.1) is 13.0 Å². The molecule has 0 atom stereocenters. The normalized spacial score (nSPS) is 10.8. The summed E-state index contributed by atoms with van der Waals surface area (Å²) < 4.78 is 7.77. The predicted molar refractivity (Wildman–Crippen MR) is 68.8 cm³/mol. The van der Waals surface area contributed by atoms with Gasteiger partial charge in [0.25, 0.3) is 0 Å². The summed E-state index contributed by atoms with van der Waals surface area (Å²) in [5.41, 5.74) is 1.81. The first-order valence-corrected chi connectivity index (χ1v) is 6.16. The first kappa shape index (κ1) is 12.1. The van der Waals surface area contributed by atoms with Gasteiger partial charge < -0.3 is 9.30 Å². The number of aromatic nitrogens is 2. The van der Waals surface area contributed by atoms with Crippen LogP contribution in [-0.2, 0) is 23.0 Å². The lowest BCUT2D eigenvalue weighted by molar-refractivity contribution is -0.142. The number of hydrogen-bond acceptors (Lipinski definition) is 3. The Morgan fingerprint density at radius 3 is 3.06 bits per heavy atom. The maximum atomic E-state index is 11.5. The van der Waals surface area contributed by atoms with Crippen molar-refractivity contribution in [3.63, 3.8) is 0 Å². The third-order valence-electron chi connectivity index (χ3n) is 2.50. The Labute approximate surface area is 108 Å². The Hall–Kier alpha value is -1.36. The van der Waals surface area contributed by atoms with Gasteiger partial charge in [-0.3, -0.25) is 4.79 Å². The molecule has 0 N–H and O–H groups in total. The highest BCUT2D eigenvalue weighted by atomic mass is 79.9. The van der Waals surface area contributed by atoms with E-state index in [4.69, 9.17) is 4.74 Å². The molecule has 0 saturated carbocycles. The molecule has 0 saturated heterocycles. The van der Waals surface area contributed by atoms with Crippen molar-refractivity contribution in [3.8, 4) is 0 Å². The Kier molecular flexibility index (Phi) is 3.47. The minimum atomic E-state index is -0.208. The zero-order valence-corrected chi connectivity index (χ0v) is 11.3. The van der Waals surface area contributed by atoms with Crippen molar-refractivity contribution in [1.29, 1.82) is 0 Å². The molecule has 0 aliphatic carbocycles. The molecule has 17 heavy (non-hydrogen) atoms. The number of esters is 1. The van der Waals surface area contributed by atoms with E-state index < -0.39 is 0 Å². The van der Waals surface area contributed by atoms with Gasteiger partial charge in [-0.1, -0.05) is 0 Å². The molecule has 0 spiro atoms. The average Bonchev–Trinajstić information content (AvgIpc) is 2.55. The quantitative estimate of drug-likeness (QED) is 0.817. The van der Waals surface area contributed by atoms with Crippen molar-refractivity contribution in [2.45, 2.75) is 13.3 Å². The fraction of sp³-hybridized carbons (Fsp3) is 0.333. The molecule has 2 heterocycles. The van der Waals surface area contributed by atoms with E-state index in [1.54, 1.807) is 13.1 Å². The highest BCUT2D eigenvalue weighted by molar-refractivity contribution is 9.10. The third-order valence-corrected chi connectivity index (χ3v) is 2.94. The fourth-order valence-electron chi connectivity index (χ4n) is 1.82. The minimum absolute atomic E-state index is 0.208. The van der Waals surface area contributed by atoms with Crippen LogP contribution in [0.15, 0.2) is 22.9 Å². The summed E-state index contributed by atoms with van der Waals surface area (Å²) in [6.07, 6.45) is 3.95. The van der Waals surface area contributed by atoms with E-state index in [2.05, 4.69) is 20.9 Å². The van der Waals surface area contributed by atoms with Crippen LogP contribution < -0.4 is 0 Å². The molecule has 2 rings (SSSR count). The number of halogens is 1. The van der Waals surface area contributed by atoms with Crippen LogP contribution in [0.25, 0.3) is 11.0 Å². The second-order valence-corrected chi connectivity index (χ2v) is 4.69. The van der Waals surface area contributed by atoms with Crippen LogP contribution in [-0.4, -0.2) is 22.1 Å². The Morgan fingerprint density at radius 2 is 2.35 bits per heavy atom. The van der Waals surface area contributed by atoms with Gasteiger partial charge >= 0.3 is 5.97 Å². The van der Waals surface area contributed by atoms with Crippen molar-refractivity contribution in [3.05, 3.63) is 28.5 Å². The largest absolute Gasteiger partial charge is 0.466 e. The minimum Gasteiger partial charge on any atom is -0.466 e. The van der Waals surface area contributed by atoms with Crippen LogP contribution in [0.4, 0.5) is 0 Å². The topological polar surface area (TPSA) is 44.1 Å². The zero-order valence-electron chi connectivity index (χ0n) is 9.74. The van der Waals surface area contributed by atoms with Crippen LogP contribution >= 0.6 is 15.9 Å². The van der Waals surface area contributed by atoms with Gasteiger partial charge in [-0.15, -0.1) is 0 Å². The lowest BCUT2D eigenvalue weighted by Gasteiger charge is -2.00. The molecular weight excluding hydrogens is 284 g/mol. The summed E-state index contributed by atoms with van der Waals surface area (Å²) in [6.45, 7) is 2.21. The van der Waals surface area contributed by atoms with Crippen molar-refractivity contribution < 1.29 is 9.53 Å². The SMILES string of the molecule is CCOC(=O)Cc1cn(C)c2ncc(Br)cc12. The van der Waals surface area contributed by atoms with Gasteiger partial charge in [0.1, 0.15) is 5.65 Å². The first-order chi connectivity index (χ1) is 8.11. The highest BCUT2D eigenvalue weighted by Gasteiger charge is 2.12. The summed E-state index contributed by atoms with van der Waals surface area (Å²) in [7, 11) is 1.91. The second kappa shape index (κ2) is 4.87. The summed E-state index contributed by atoms with van der Waals surface area (Å²) in [5.74, 6) is -0.208. The Balaban J connectivity index is 2.40. The van der Waals surface area contributed by atoms with E-state index in [0.717, 1.165) is 21.1 Å². The number of carbonyl (C=O) groups excluding carboxylic acids is 1. The van der Waals surface area contributed by atoms with Crippen molar-refractivity contribution >= 4 is 32.9 Å². The standard InChI is InChI=1S/C12H13BrN2O2/c1-3-17-11(16)4-8-7-15(2)12-10(8)5-9(13)6-14-12/h5-7H,3-4H2,1-2H3. The van der Waals surface area contributed by atoms with Crippen LogP contribution in [0.2, 0.25) is 0 Å². The van der Waals surface area contributed by atoms with Crippen molar-refractivity contribution in [1.82, 2.24) is 9.55 Å². The van der Waals surface area contributed by atoms with E-state index in [-0.39, 0.29) is 12.4 Å². The summed E-state index contributed by atoms with van der Waals surface area (Å²) >= 11 is 3.38. The molecule has 0 aromatic carbocycles. The molecule has 90 valence electrons. The zero-order chi connectivity index (χ0) is 12.4. The van der Waals surface area contributed by atoms with Crippen LogP contribution in [0, 0.1) is 0 Å². The van der Waals surface area contributed by atoms with Gasteiger partial charge in [0, 0.05) is 29.3 Å². The first-order valence-electron chi connectivity index (χ1n) is 5.37. The fourth-order valence-corrected chi connectivity index (χ4v) is 2.15. The number of hydrogen-bond donors (Lipinski definition) is 0. The second-order valence-electron chi connectivity index (χ2n) is 3.77. The summed E-state index contributed by atoms with van der Waals surface area (Å²) in [6, 6.07) is 1.97. The monoisotopic (exact) mass is 296 g/mol. The van der Waals surface area contributed by atoms with Crippen molar-refractivity contribution in [2.75, 3.05) is 6.61 Å². The molecular formula is C12H13BrN2O2. The van der Waals surface area contributed by atoms with Crippen LogP contribution in [0.5, 0.6) is 0 Å². The molecule has 0 unspecified atom stereocenters. The number of fused-ring (bicyclic) bond motifs is 1. The van der Waals surface area contributed by atoms with Gasteiger partial charge in [-0.2, -0.15) is 0 Å². The maximum absolute atomic E-state index is 11.5. The smallest absolute Gasteiger partial charge is 0.310 e. The van der Waals surface area contributed by atoms with Gasteiger partial charge in [0.15, 0.2) is 0 Å². The van der Waals surface area contributed by atoms with Crippen LogP contribution in [0.3, 0.4) is 0 Å². The molecule has 0 amide bonds. The number of aryl methyl sites for hydroxylation is 1. The number of rotatable bonds is 3. The molecule has 2 aromatic rings. The lowest BCUT2D eigenvalue weighted by Crippen LogP contribution is -2.07. The van der Waals surface area contributed by atoms with E-state index in [1.165, 1.54) is 0 Å². The summed E-state index contributed by atoms with van der Waals surface area (Å²) in [4.78, 5) is 15.8. The van der Waals surface area contributed by atoms with Crippen LogP contribution in [0.1, 0.15) is 12.5 Å². The molecule has 2 aromatic heterocycles. The number of nitrogens with zero attached hydrogens (tertiary/aromatic N) is 2. The molecule has 5 heteroatoms. The Bertz CT molecular complexity index is 563. The third kappa shape index (κ3) is 2.49. The van der Waals surface area contributed by atoms with E-state index in [9.17, 15) is 4.79 Å².